The van der Waals surface area contributed by atoms with Gasteiger partial charge in [0.25, 0.3) is 5.56 Å². The van der Waals surface area contributed by atoms with Crippen LogP contribution in [-0.4, -0.2) is 10.9 Å². The van der Waals surface area contributed by atoms with E-state index in [4.69, 9.17) is 0 Å². The van der Waals surface area contributed by atoms with Crippen molar-refractivity contribution in [3.8, 4) is 0 Å². The van der Waals surface area contributed by atoms with E-state index in [2.05, 4.69) is 16.4 Å². The molecule has 0 atom stereocenters. The average Bonchev–Trinajstić information content (AvgIpc) is 2.59. The van der Waals surface area contributed by atoms with E-state index < -0.39 is 0 Å². The monoisotopic (exact) mass is 334 g/mol. The summed E-state index contributed by atoms with van der Waals surface area (Å²) in [6.07, 6.45) is 1.10. The van der Waals surface area contributed by atoms with Crippen molar-refractivity contribution in [2.24, 2.45) is 0 Å². The first kappa shape index (κ1) is 17.0. The molecule has 0 saturated heterocycles. The fourth-order valence-electron chi connectivity index (χ4n) is 3.03. The van der Waals surface area contributed by atoms with E-state index in [1.54, 1.807) is 0 Å². The minimum Gasteiger partial charge on any atom is -0.352 e. The molecule has 128 valence electrons. The van der Waals surface area contributed by atoms with Crippen LogP contribution in [0, 0.1) is 13.8 Å². The summed E-state index contributed by atoms with van der Waals surface area (Å²) in [5.74, 6) is -0.0519. The molecule has 0 bridgehead atoms. The number of hydrogen-bond acceptors (Lipinski definition) is 2. The van der Waals surface area contributed by atoms with Gasteiger partial charge in [-0.15, -0.1) is 0 Å². The zero-order chi connectivity index (χ0) is 17.8. The number of H-pyrrole nitrogens is 1. The van der Waals surface area contributed by atoms with Crippen LogP contribution in [0.1, 0.15) is 28.7 Å². The van der Waals surface area contributed by atoms with E-state index in [1.807, 2.05) is 56.3 Å². The van der Waals surface area contributed by atoms with Crippen LogP contribution in [-0.2, 0) is 17.8 Å². The number of pyridine rings is 1. The lowest BCUT2D eigenvalue weighted by molar-refractivity contribution is -0.121. The molecule has 4 nitrogen and oxygen atoms in total. The van der Waals surface area contributed by atoms with Crippen LogP contribution in [0.2, 0.25) is 0 Å². The van der Waals surface area contributed by atoms with Crippen molar-refractivity contribution in [2.45, 2.75) is 33.2 Å². The number of carbonyl (C=O) groups is 1. The Morgan fingerprint density at radius 1 is 1.08 bits per heavy atom. The predicted molar refractivity (Wildman–Crippen MR) is 101 cm³/mol. The molecule has 3 rings (SSSR count). The van der Waals surface area contributed by atoms with Gasteiger partial charge in [0.15, 0.2) is 0 Å². The highest BCUT2D eigenvalue weighted by molar-refractivity contribution is 5.83. The molecule has 0 aliphatic heterocycles. The third-order valence-electron chi connectivity index (χ3n) is 4.35. The summed E-state index contributed by atoms with van der Waals surface area (Å²) in [5, 5.41) is 3.86. The van der Waals surface area contributed by atoms with Gasteiger partial charge >= 0.3 is 0 Å². The van der Waals surface area contributed by atoms with Crippen molar-refractivity contribution >= 4 is 16.8 Å². The van der Waals surface area contributed by atoms with E-state index in [-0.39, 0.29) is 18.0 Å². The van der Waals surface area contributed by atoms with Gasteiger partial charge in [0.1, 0.15) is 0 Å². The van der Waals surface area contributed by atoms with Crippen LogP contribution < -0.4 is 10.9 Å². The molecule has 0 radical (unpaired) electrons. The first-order chi connectivity index (χ1) is 12.0. The van der Waals surface area contributed by atoms with Crippen LogP contribution in [0.5, 0.6) is 0 Å². The summed E-state index contributed by atoms with van der Waals surface area (Å²) >= 11 is 0. The van der Waals surface area contributed by atoms with Crippen molar-refractivity contribution < 1.29 is 4.79 Å². The number of benzene rings is 2. The summed E-state index contributed by atoms with van der Waals surface area (Å²) in [5.41, 5.74) is 4.62. The molecular formula is C21H22N2O2. The second-order valence-corrected chi connectivity index (χ2v) is 6.43. The topological polar surface area (TPSA) is 62.0 Å². The first-order valence-corrected chi connectivity index (χ1v) is 8.47. The first-order valence-electron chi connectivity index (χ1n) is 8.47. The predicted octanol–water partition coefficient (Wildman–Crippen LogP) is 3.39. The van der Waals surface area contributed by atoms with E-state index >= 15 is 0 Å². The number of hydrogen-bond donors (Lipinski definition) is 2. The smallest absolute Gasteiger partial charge is 0.253 e. The average molecular weight is 334 g/mol. The Kier molecular flexibility index (Phi) is 4.98. The molecular weight excluding hydrogens is 312 g/mol. The number of aryl methyl sites for hydroxylation is 3. The third-order valence-corrected chi connectivity index (χ3v) is 4.35. The molecule has 4 heteroatoms. The Morgan fingerprint density at radius 3 is 2.60 bits per heavy atom. The van der Waals surface area contributed by atoms with E-state index in [0.717, 1.165) is 27.6 Å². The maximum Gasteiger partial charge on any atom is 0.253 e. The van der Waals surface area contributed by atoms with Crippen molar-refractivity contribution in [1.29, 1.82) is 0 Å². The third kappa shape index (κ3) is 4.15. The number of rotatable bonds is 5. The van der Waals surface area contributed by atoms with Gasteiger partial charge in [0.2, 0.25) is 5.91 Å². The fourth-order valence-corrected chi connectivity index (χ4v) is 3.03. The van der Waals surface area contributed by atoms with Gasteiger partial charge in [-0.3, -0.25) is 9.59 Å². The van der Waals surface area contributed by atoms with Crippen molar-refractivity contribution in [3.63, 3.8) is 0 Å². The van der Waals surface area contributed by atoms with Gasteiger partial charge in [-0.25, -0.2) is 0 Å². The molecule has 0 aliphatic carbocycles. The number of aromatic nitrogens is 1. The summed E-state index contributed by atoms with van der Waals surface area (Å²) < 4.78 is 0. The highest BCUT2D eigenvalue weighted by Crippen LogP contribution is 2.18. The maximum atomic E-state index is 12.2. The Balaban J connectivity index is 1.67. The van der Waals surface area contributed by atoms with Crippen LogP contribution in [0.3, 0.4) is 0 Å². The normalized spacial score (nSPS) is 10.8. The SMILES string of the molecule is Cc1cc(C)c2cc(CNC(=O)CCc3ccccc3)c(=O)[nH]c2c1. The quantitative estimate of drug-likeness (QED) is 0.751. The van der Waals surface area contributed by atoms with Crippen LogP contribution in [0.25, 0.3) is 10.9 Å². The number of amides is 1. The highest BCUT2D eigenvalue weighted by atomic mass is 16.1. The highest BCUT2D eigenvalue weighted by Gasteiger charge is 2.08. The van der Waals surface area contributed by atoms with Crippen molar-refractivity contribution in [2.75, 3.05) is 0 Å². The van der Waals surface area contributed by atoms with Crippen molar-refractivity contribution in [3.05, 3.63) is 81.1 Å². The van der Waals surface area contributed by atoms with E-state index in [9.17, 15) is 9.59 Å². The van der Waals surface area contributed by atoms with Crippen LogP contribution >= 0.6 is 0 Å². The molecule has 1 heterocycles. The molecule has 0 spiro atoms. The lowest BCUT2D eigenvalue weighted by Gasteiger charge is -2.08. The second kappa shape index (κ2) is 7.34. The Morgan fingerprint density at radius 2 is 1.84 bits per heavy atom. The van der Waals surface area contributed by atoms with Gasteiger partial charge in [0, 0.05) is 29.4 Å². The zero-order valence-corrected chi connectivity index (χ0v) is 14.6. The Labute approximate surface area is 146 Å². The summed E-state index contributed by atoms with van der Waals surface area (Å²) in [7, 11) is 0. The Hall–Kier alpha value is -2.88. The lowest BCUT2D eigenvalue weighted by Crippen LogP contribution is -2.27. The standard InChI is InChI=1S/C21H22N2O2/c1-14-10-15(2)18-12-17(21(25)23-19(18)11-14)13-22-20(24)9-8-16-6-4-3-5-7-16/h3-7,10-12H,8-9,13H2,1-2H3,(H,22,24)(H,23,25). The van der Waals surface area contributed by atoms with Crippen LogP contribution in [0.4, 0.5) is 0 Å². The molecule has 1 aromatic heterocycles. The second-order valence-electron chi connectivity index (χ2n) is 6.43. The summed E-state index contributed by atoms with van der Waals surface area (Å²) in [6.45, 7) is 4.27. The minimum atomic E-state index is -0.152. The van der Waals surface area contributed by atoms with E-state index in [0.29, 0.717) is 18.4 Å². The molecule has 25 heavy (non-hydrogen) atoms. The van der Waals surface area contributed by atoms with Gasteiger partial charge in [-0.2, -0.15) is 0 Å². The lowest BCUT2D eigenvalue weighted by atomic mass is 10.0. The molecule has 0 aliphatic rings. The maximum absolute atomic E-state index is 12.2. The number of carbonyl (C=O) groups excluding carboxylic acids is 1. The van der Waals surface area contributed by atoms with Gasteiger partial charge in [-0.1, -0.05) is 36.4 Å². The molecule has 0 unspecified atom stereocenters. The molecule has 0 saturated carbocycles. The summed E-state index contributed by atoms with van der Waals surface area (Å²) in [4.78, 5) is 27.2. The van der Waals surface area contributed by atoms with E-state index in [1.165, 1.54) is 0 Å². The zero-order valence-electron chi connectivity index (χ0n) is 14.6. The van der Waals surface area contributed by atoms with Crippen LogP contribution in [0.15, 0.2) is 53.3 Å². The minimum absolute atomic E-state index is 0.0519. The molecule has 1 amide bonds. The largest absolute Gasteiger partial charge is 0.352 e. The Bertz CT molecular complexity index is 959. The number of fused-ring (bicyclic) bond motifs is 1. The fraction of sp³-hybridized carbons (Fsp3) is 0.238. The summed E-state index contributed by atoms with van der Waals surface area (Å²) in [6, 6.07) is 15.8. The van der Waals surface area contributed by atoms with Crippen molar-refractivity contribution in [1.82, 2.24) is 10.3 Å². The molecule has 3 aromatic rings. The van der Waals surface area contributed by atoms with Gasteiger partial charge in [-0.05, 0) is 49.1 Å². The number of nitrogens with one attached hydrogen (secondary N) is 2. The van der Waals surface area contributed by atoms with Gasteiger partial charge in [0.05, 0.1) is 0 Å². The molecule has 0 fully saturated rings. The molecule has 2 aromatic carbocycles. The number of aromatic amines is 1. The molecule has 2 N–H and O–H groups in total. The van der Waals surface area contributed by atoms with Gasteiger partial charge < -0.3 is 10.3 Å².